The normalized spacial score (nSPS) is 15.3. The number of nitrogens with one attached hydrogen (secondary N) is 3. The molecule has 1 atom stereocenters. The number of hydrogen-bond donors (Lipinski definition) is 3. The van der Waals surface area contributed by atoms with E-state index in [0.717, 1.165) is 19.6 Å². The van der Waals surface area contributed by atoms with E-state index in [1.54, 1.807) is 18.2 Å². The van der Waals surface area contributed by atoms with Gasteiger partial charge in [-0.05, 0) is 36.4 Å². The summed E-state index contributed by atoms with van der Waals surface area (Å²) < 4.78 is 32.4. The van der Waals surface area contributed by atoms with Crippen LogP contribution in [0.4, 0.5) is 11.5 Å². The van der Waals surface area contributed by atoms with Crippen molar-refractivity contribution in [3.05, 3.63) is 54.2 Å². The van der Waals surface area contributed by atoms with Gasteiger partial charge < -0.3 is 20.3 Å². The molecule has 0 spiro atoms. The summed E-state index contributed by atoms with van der Waals surface area (Å²) in [5.41, 5.74) is 1.63. The summed E-state index contributed by atoms with van der Waals surface area (Å²) in [6, 6.07) is 14.8. The molecule has 3 aromatic rings. The van der Waals surface area contributed by atoms with Crippen molar-refractivity contribution < 1.29 is 22.8 Å². The number of sulfone groups is 1. The van der Waals surface area contributed by atoms with Crippen LogP contribution in [-0.4, -0.2) is 63.7 Å². The molecule has 0 unspecified atom stereocenters. The minimum Gasteiger partial charge on any atom is -0.370 e. The van der Waals surface area contributed by atoms with Crippen molar-refractivity contribution >= 4 is 38.3 Å². The number of anilines is 2. The summed E-state index contributed by atoms with van der Waals surface area (Å²) >= 11 is 0. The Labute approximate surface area is 203 Å². The van der Waals surface area contributed by atoms with Crippen LogP contribution >= 0.6 is 0 Å². The topological polar surface area (TPSA) is 139 Å². The van der Waals surface area contributed by atoms with Gasteiger partial charge in [0.05, 0.1) is 48.3 Å². The van der Waals surface area contributed by atoms with E-state index in [2.05, 4.69) is 20.6 Å². The van der Waals surface area contributed by atoms with Gasteiger partial charge in [-0.15, -0.1) is 0 Å². The second-order valence-corrected chi connectivity index (χ2v) is 10.3. The van der Waals surface area contributed by atoms with Gasteiger partial charge in [-0.2, -0.15) is 5.26 Å². The number of aromatic nitrogens is 2. The van der Waals surface area contributed by atoms with Gasteiger partial charge in [0, 0.05) is 12.6 Å². The third-order valence-corrected chi connectivity index (χ3v) is 7.63. The van der Waals surface area contributed by atoms with Crippen molar-refractivity contribution in [1.29, 1.82) is 5.26 Å². The number of para-hydroxylation sites is 2. The predicted octanol–water partition coefficient (Wildman–Crippen LogP) is 0.954. The summed E-state index contributed by atoms with van der Waals surface area (Å²) in [7, 11) is -4.12. The molecular formula is C24H27N6O4S+. The molecule has 0 saturated carbocycles. The highest BCUT2D eigenvalue weighted by molar-refractivity contribution is 7.92. The van der Waals surface area contributed by atoms with Crippen LogP contribution in [0.15, 0.2) is 53.4 Å². The van der Waals surface area contributed by atoms with Gasteiger partial charge in [0.2, 0.25) is 15.7 Å². The molecule has 1 saturated heterocycles. The molecule has 1 aromatic heterocycles. The summed E-state index contributed by atoms with van der Waals surface area (Å²) in [4.78, 5) is 21.8. The molecule has 182 valence electrons. The van der Waals surface area contributed by atoms with E-state index in [4.69, 9.17) is 4.74 Å². The van der Waals surface area contributed by atoms with Gasteiger partial charge in [0.25, 0.3) is 0 Å². The number of benzene rings is 2. The molecule has 35 heavy (non-hydrogen) atoms. The van der Waals surface area contributed by atoms with E-state index < -0.39 is 15.1 Å². The van der Waals surface area contributed by atoms with Crippen LogP contribution in [0.3, 0.4) is 0 Å². The summed E-state index contributed by atoms with van der Waals surface area (Å²) in [5.74, 6) is 0.0120. The lowest BCUT2D eigenvalue weighted by atomic mass is 10.2. The molecule has 11 heteroatoms. The molecule has 0 radical (unpaired) electrons. The Hall–Kier alpha value is -3.59. The smallest absolute Gasteiger partial charge is 0.221 e. The molecule has 2 heterocycles. The number of rotatable bonds is 8. The fourth-order valence-corrected chi connectivity index (χ4v) is 5.32. The maximum absolute atomic E-state index is 13.5. The number of amides is 1. The van der Waals surface area contributed by atoms with Crippen LogP contribution in [0.1, 0.15) is 17.9 Å². The van der Waals surface area contributed by atoms with Crippen molar-refractivity contribution in [2.75, 3.05) is 50.0 Å². The number of hydrogen-bond acceptors (Lipinski definition) is 8. The van der Waals surface area contributed by atoms with E-state index in [9.17, 15) is 18.5 Å². The molecule has 10 nitrogen and oxygen atoms in total. The predicted molar refractivity (Wildman–Crippen MR) is 131 cm³/mol. The molecule has 1 amide bonds. The van der Waals surface area contributed by atoms with Crippen molar-refractivity contribution in [2.24, 2.45) is 0 Å². The molecule has 4 rings (SSSR count). The highest BCUT2D eigenvalue weighted by Gasteiger charge is 2.33. The fraction of sp³-hybridized carbons (Fsp3) is 0.333. The van der Waals surface area contributed by atoms with Crippen molar-refractivity contribution in [1.82, 2.24) is 9.97 Å². The van der Waals surface area contributed by atoms with Gasteiger partial charge in [-0.25, -0.2) is 18.4 Å². The molecule has 0 aliphatic carbocycles. The van der Waals surface area contributed by atoms with E-state index >= 15 is 0 Å². The zero-order valence-corrected chi connectivity index (χ0v) is 20.1. The number of quaternary nitrogens is 1. The number of carbonyl (C=O) groups excluding carboxylic acids is 1. The molecule has 1 aliphatic heterocycles. The average molecular weight is 496 g/mol. The van der Waals surface area contributed by atoms with Gasteiger partial charge in [-0.3, -0.25) is 4.79 Å². The van der Waals surface area contributed by atoms with E-state index in [1.807, 2.05) is 12.1 Å². The number of carbonyl (C=O) groups is 1. The zero-order chi connectivity index (χ0) is 24.8. The van der Waals surface area contributed by atoms with Crippen LogP contribution in [-0.2, 0) is 19.4 Å². The Morgan fingerprint density at radius 1 is 1.11 bits per heavy atom. The van der Waals surface area contributed by atoms with E-state index in [-0.39, 0.29) is 22.3 Å². The highest BCUT2D eigenvalue weighted by Crippen LogP contribution is 2.32. The average Bonchev–Trinajstić information content (AvgIpc) is 2.85. The Kier molecular flexibility index (Phi) is 7.55. The van der Waals surface area contributed by atoms with Gasteiger partial charge >= 0.3 is 0 Å². The number of ether oxygens (including phenoxy) is 1. The molecule has 3 N–H and O–H groups in total. The minimum atomic E-state index is -4.12. The second-order valence-electron chi connectivity index (χ2n) is 8.25. The third-order valence-electron chi connectivity index (χ3n) is 5.75. The SMILES string of the molecule is CC(=O)Nc1ccc(S(=O)(=O)[C@H](C#N)c2nc3ccccc3nc2NCC[NH+]2CCOCC2)cc1. The molecular weight excluding hydrogens is 468 g/mol. The van der Waals surface area contributed by atoms with Gasteiger partial charge in [-0.1, -0.05) is 12.1 Å². The van der Waals surface area contributed by atoms with Crippen molar-refractivity contribution in [2.45, 2.75) is 17.1 Å². The minimum absolute atomic E-state index is 0.0446. The largest absolute Gasteiger partial charge is 0.370 e. The lowest BCUT2D eigenvalue weighted by Crippen LogP contribution is -3.14. The van der Waals surface area contributed by atoms with Crippen molar-refractivity contribution in [3.63, 3.8) is 0 Å². The van der Waals surface area contributed by atoms with Crippen molar-refractivity contribution in [3.8, 4) is 6.07 Å². The first kappa shape index (κ1) is 24.5. The monoisotopic (exact) mass is 495 g/mol. The van der Waals surface area contributed by atoms with Gasteiger partial charge in [0.1, 0.15) is 18.8 Å². The summed E-state index contributed by atoms with van der Waals surface area (Å²) in [6.45, 7) is 5.94. The van der Waals surface area contributed by atoms with Crippen LogP contribution in [0.2, 0.25) is 0 Å². The summed E-state index contributed by atoms with van der Waals surface area (Å²) in [5, 5.41) is 14.2. The number of nitriles is 1. The molecule has 1 fully saturated rings. The highest BCUT2D eigenvalue weighted by atomic mass is 32.2. The van der Waals surface area contributed by atoms with E-state index in [0.29, 0.717) is 36.5 Å². The van der Waals surface area contributed by atoms with Crippen LogP contribution < -0.4 is 15.5 Å². The Balaban J connectivity index is 1.66. The molecule has 1 aliphatic rings. The quantitative estimate of drug-likeness (QED) is 0.420. The first-order valence-electron chi connectivity index (χ1n) is 11.3. The zero-order valence-electron chi connectivity index (χ0n) is 19.3. The Bertz CT molecular complexity index is 1350. The van der Waals surface area contributed by atoms with Crippen LogP contribution in [0, 0.1) is 11.3 Å². The van der Waals surface area contributed by atoms with Crippen LogP contribution in [0.5, 0.6) is 0 Å². The van der Waals surface area contributed by atoms with Crippen LogP contribution in [0.25, 0.3) is 11.0 Å². The second kappa shape index (κ2) is 10.8. The molecule has 0 bridgehead atoms. The maximum atomic E-state index is 13.5. The first-order valence-corrected chi connectivity index (χ1v) is 12.9. The number of nitrogens with zero attached hydrogens (tertiary/aromatic N) is 3. The fourth-order valence-electron chi connectivity index (χ4n) is 3.94. The summed E-state index contributed by atoms with van der Waals surface area (Å²) in [6.07, 6.45) is 0. The lowest BCUT2D eigenvalue weighted by Gasteiger charge is -2.24. The Morgan fingerprint density at radius 2 is 1.77 bits per heavy atom. The molecule has 2 aromatic carbocycles. The number of fused-ring (bicyclic) bond motifs is 1. The Morgan fingerprint density at radius 3 is 2.40 bits per heavy atom. The number of morpholine rings is 1. The standard InChI is InChI=1S/C24H26N6O4S/c1-17(31)27-18-6-8-19(9-7-18)35(32,33)22(16-25)23-24(26-10-11-30-12-14-34-15-13-30)29-21-5-3-2-4-20(21)28-23/h2-9,22H,10-15H2,1H3,(H,26,29)(H,27,31)/p+1/t22-/m1/s1. The third kappa shape index (κ3) is 5.74. The lowest BCUT2D eigenvalue weighted by molar-refractivity contribution is -0.906. The van der Waals surface area contributed by atoms with Gasteiger partial charge in [0.15, 0.2) is 11.1 Å². The van der Waals surface area contributed by atoms with E-state index in [1.165, 1.54) is 36.1 Å². The first-order chi connectivity index (χ1) is 16.9. The maximum Gasteiger partial charge on any atom is 0.221 e.